The predicted octanol–water partition coefficient (Wildman–Crippen LogP) is 5.38. The van der Waals surface area contributed by atoms with Gasteiger partial charge in [-0.1, -0.05) is 30.2 Å². The van der Waals surface area contributed by atoms with Gasteiger partial charge in [-0.25, -0.2) is 14.8 Å². The molecule has 0 radical (unpaired) electrons. The number of urea groups is 1. The number of benzene rings is 1. The van der Waals surface area contributed by atoms with Crippen LogP contribution in [0.2, 0.25) is 0 Å². The Labute approximate surface area is 252 Å². The lowest BCUT2D eigenvalue weighted by atomic mass is 10.0. The first-order valence-electron chi connectivity index (χ1n) is 14.0. The minimum atomic E-state index is -4.55. The smallest absolute Gasteiger partial charge is 0.365 e. The number of alkyl halides is 3. The van der Waals surface area contributed by atoms with Crippen LogP contribution in [0, 0.1) is 17.8 Å². The van der Waals surface area contributed by atoms with Crippen molar-refractivity contribution in [3.05, 3.63) is 64.3 Å². The fourth-order valence-electron chi connectivity index (χ4n) is 4.23. The second-order valence-corrected chi connectivity index (χ2v) is 11.1. The largest absolute Gasteiger partial charge is 0.416 e. The summed E-state index contributed by atoms with van der Waals surface area (Å²) in [6.07, 6.45) is 1.91. The first kappa shape index (κ1) is 31.9. The molecule has 3 heterocycles. The molecule has 13 heteroatoms. The topological polar surface area (TPSA) is 102 Å². The van der Waals surface area contributed by atoms with Gasteiger partial charge in [0.15, 0.2) is 5.13 Å². The number of likely N-dealkylation sites (N-methyl/N-ethyl adjacent to an activating group) is 1. The number of halogens is 3. The van der Waals surface area contributed by atoms with Gasteiger partial charge in [-0.3, -0.25) is 10.2 Å². The molecule has 43 heavy (non-hydrogen) atoms. The summed E-state index contributed by atoms with van der Waals surface area (Å²) in [5.41, 5.74) is 0.0753. The molecule has 0 bridgehead atoms. The Morgan fingerprint density at radius 2 is 1.81 bits per heavy atom. The van der Waals surface area contributed by atoms with Gasteiger partial charge in [0.2, 0.25) is 0 Å². The first-order valence-corrected chi connectivity index (χ1v) is 14.8. The molecular weight excluding hydrogens is 579 g/mol. The molecular formula is C30H34F3N7O2S. The number of rotatable bonds is 7. The summed E-state index contributed by atoms with van der Waals surface area (Å²) in [5.74, 6) is 6.64. The lowest BCUT2D eigenvalue weighted by Gasteiger charge is -2.34. The average molecular weight is 614 g/mol. The number of aldehydes is 1. The minimum absolute atomic E-state index is 0.0378. The van der Waals surface area contributed by atoms with Crippen LogP contribution in [0.25, 0.3) is 0 Å². The Hall–Kier alpha value is -3.99. The number of piperazine rings is 1. The quantitative estimate of drug-likeness (QED) is 0.243. The van der Waals surface area contributed by atoms with E-state index in [9.17, 15) is 22.8 Å². The van der Waals surface area contributed by atoms with Crippen molar-refractivity contribution < 1.29 is 22.8 Å². The number of hydrogen-bond donors (Lipinski definition) is 3. The molecule has 228 valence electrons. The molecule has 1 aliphatic carbocycles. The van der Waals surface area contributed by atoms with Gasteiger partial charge < -0.3 is 20.3 Å². The molecule has 1 saturated heterocycles. The molecule has 2 aromatic heterocycles. The van der Waals surface area contributed by atoms with E-state index in [2.05, 4.69) is 49.6 Å². The zero-order valence-corrected chi connectivity index (χ0v) is 24.8. The molecule has 1 saturated carbocycles. The zero-order valence-electron chi connectivity index (χ0n) is 24.0. The number of aromatic nitrogens is 2. The van der Waals surface area contributed by atoms with Crippen molar-refractivity contribution in [1.82, 2.24) is 19.8 Å². The lowest BCUT2D eigenvalue weighted by molar-refractivity contribution is -0.138. The van der Waals surface area contributed by atoms with Crippen LogP contribution in [-0.2, 0) is 17.5 Å². The highest BCUT2D eigenvalue weighted by Gasteiger charge is 2.34. The number of hydrogen-bond acceptors (Lipinski definition) is 8. The minimum Gasteiger partial charge on any atom is -0.365 e. The second-order valence-electron chi connectivity index (χ2n) is 10.1. The van der Waals surface area contributed by atoms with Crippen molar-refractivity contribution in [3.8, 4) is 11.8 Å². The third-order valence-electron chi connectivity index (χ3n) is 6.84. The van der Waals surface area contributed by atoms with E-state index < -0.39 is 17.8 Å². The monoisotopic (exact) mass is 613 g/mol. The van der Waals surface area contributed by atoms with E-state index >= 15 is 0 Å². The fraction of sp³-hybridized carbons (Fsp3) is 0.400. The summed E-state index contributed by atoms with van der Waals surface area (Å²) in [6.45, 7) is 6.30. The van der Waals surface area contributed by atoms with Crippen molar-refractivity contribution in [1.29, 1.82) is 0 Å². The van der Waals surface area contributed by atoms with Crippen molar-refractivity contribution >= 4 is 40.3 Å². The predicted molar refractivity (Wildman–Crippen MR) is 162 cm³/mol. The summed E-state index contributed by atoms with van der Waals surface area (Å²) >= 11 is 1.41. The highest BCUT2D eigenvalue weighted by atomic mass is 32.1. The standard InChI is InChI=1S/C26H28F3N7OS.C4H6O/c1-3-35-10-12-36(13-11-35)17-19-5-6-20(15-22(19)26(27,28)29)33-24(37)34-23-14-18(8-9-31-23)4-7-21-16-32-25(30-2)38-21;5-3-4-1-2-4/h5-6,8-9,14-16H,3,10-13,17H2,1-2H3,(H,30,32)(H2,31,33,34,37);3-4H,1-2H2. The summed E-state index contributed by atoms with van der Waals surface area (Å²) in [7, 11) is 1.77. The van der Waals surface area contributed by atoms with E-state index in [1.54, 1.807) is 25.4 Å². The van der Waals surface area contributed by atoms with Crippen LogP contribution < -0.4 is 16.0 Å². The van der Waals surface area contributed by atoms with Gasteiger partial charge in [-0.2, -0.15) is 13.2 Å². The molecule has 3 aromatic rings. The molecule has 1 aromatic carbocycles. The number of anilines is 3. The number of amides is 2. The maximum Gasteiger partial charge on any atom is 0.416 e. The Balaban J connectivity index is 0.000000767. The Morgan fingerprint density at radius 3 is 2.42 bits per heavy atom. The van der Waals surface area contributed by atoms with E-state index in [1.165, 1.54) is 29.7 Å². The van der Waals surface area contributed by atoms with E-state index in [-0.39, 0.29) is 23.6 Å². The van der Waals surface area contributed by atoms with Gasteiger partial charge in [-0.05, 0) is 55.1 Å². The zero-order chi connectivity index (χ0) is 30.8. The van der Waals surface area contributed by atoms with E-state index in [4.69, 9.17) is 0 Å². The maximum absolute atomic E-state index is 13.9. The van der Waals surface area contributed by atoms with Crippen LogP contribution in [0.15, 0.2) is 42.7 Å². The Morgan fingerprint density at radius 1 is 1.07 bits per heavy atom. The van der Waals surface area contributed by atoms with Crippen LogP contribution in [0.1, 0.15) is 41.3 Å². The highest BCUT2D eigenvalue weighted by molar-refractivity contribution is 7.16. The number of carbonyl (C=O) groups is 2. The second kappa shape index (κ2) is 15.0. The van der Waals surface area contributed by atoms with Crippen molar-refractivity contribution in [2.75, 3.05) is 55.7 Å². The number of nitrogens with one attached hydrogen (secondary N) is 3. The molecule has 2 fully saturated rings. The number of nitrogens with zero attached hydrogens (tertiary/aromatic N) is 4. The van der Waals surface area contributed by atoms with Crippen LogP contribution >= 0.6 is 11.3 Å². The van der Waals surface area contributed by atoms with Crippen LogP contribution in [-0.4, -0.2) is 71.9 Å². The highest BCUT2D eigenvalue weighted by Crippen LogP contribution is 2.34. The fourth-order valence-corrected chi connectivity index (χ4v) is 4.85. The molecule has 0 unspecified atom stereocenters. The number of carbonyl (C=O) groups excluding carboxylic acids is 2. The molecule has 0 spiro atoms. The number of pyridine rings is 1. The lowest BCUT2D eigenvalue weighted by Crippen LogP contribution is -2.45. The molecule has 1 aliphatic heterocycles. The van der Waals surface area contributed by atoms with Gasteiger partial charge in [0, 0.05) is 63.1 Å². The molecule has 3 N–H and O–H groups in total. The molecule has 2 aliphatic rings. The first-order chi connectivity index (χ1) is 20.7. The van der Waals surface area contributed by atoms with Crippen LogP contribution in [0.3, 0.4) is 0 Å². The van der Waals surface area contributed by atoms with Gasteiger partial charge in [0.1, 0.15) is 12.1 Å². The SMILES string of the molecule is CCN1CCN(Cc2ccc(NC(=O)Nc3cc(C#Cc4cnc(NC)s4)ccn3)cc2C(F)(F)F)CC1.O=CC1CC1. The molecule has 9 nitrogen and oxygen atoms in total. The summed E-state index contributed by atoms with van der Waals surface area (Å²) in [5, 5.41) is 8.71. The van der Waals surface area contributed by atoms with Gasteiger partial charge >= 0.3 is 12.2 Å². The van der Waals surface area contributed by atoms with Crippen molar-refractivity contribution in [2.45, 2.75) is 32.5 Å². The van der Waals surface area contributed by atoms with Crippen molar-refractivity contribution in [3.63, 3.8) is 0 Å². The third-order valence-corrected chi connectivity index (χ3v) is 7.78. The normalized spacial score (nSPS) is 15.4. The van der Waals surface area contributed by atoms with Gasteiger partial charge in [0.25, 0.3) is 0 Å². The average Bonchev–Trinajstić information content (AvgIpc) is 3.73. The Bertz CT molecular complexity index is 1460. The van der Waals surface area contributed by atoms with Gasteiger partial charge in [0.05, 0.1) is 16.6 Å². The van der Waals surface area contributed by atoms with E-state index in [0.29, 0.717) is 24.6 Å². The van der Waals surface area contributed by atoms with Crippen molar-refractivity contribution in [2.24, 2.45) is 5.92 Å². The van der Waals surface area contributed by atoms with E-state index in [0.717, 1.165) is 54.8 Å². The van der Waals surface area contributed by atoms with E-state index in [1.807, 2.05) is 4.90 Å². The van der Waals surface area contributed by atoms with Crippen LogP contribution in [0.5, 0.6) is 0 Å². The number of thiazole rings is 1. The molecule has 5 rings (SSSR count). The van der Waals surface area contributed by atoms with Gasteiger partial charge in [-0.15, -0.1) is 0 Å². The molecule has 2 amide bonds. The summed E-state index contributed by atoms with van der Waals surface area (Å²) in [6, 6.07) is 6.44. The Kier molecular flexibility index (Phi) is 11.1. The summed E-state index contributed by atoms with van der Waals surface area (Å²) < 4.78 is 41.6. The maximum atomic E-state index is 13.9. The van der Waals surface area contributed by atoms with Crippen LogP contribution in [0.4, 0.5) is 34.6 Å². The third kappa shape index (κ3) is 10.1. The summed E-state index contributed by atoms with van der Waals surface area (Å²) in [4.78, 5) is 35.4. The molecule has 0 atom stereocenters.